The molecule has 0 fully saturated rings. The number of aliphatic carboxylic acids is 1. The van der Waals surface area contributed by atoms with Gasteiger partial charge in [-0.15, -0.1) is 0 Å². The summed E-state index contributed by atoms with van der Waals surface area (Å²) in [6, 6.07) is -5.55. The first-order valence-electron chi connectivity index (χ1n) is 19.0. The second kappa shape index (κ2) is 23.1. The van der Waals surface area contributed by atoms with Crippen molar-refractivity contribution >= 4 is 41.7 Å². The average molecular weight is 772 g/mol. The molecular formula is C38H69N5O11. The number of carboxylic acids is 1. The molecule has 5 amide bonds. The van der Waals surface area contributed by atoms with Gasteiger partial charge in [-0.3, -0.25) is 24.0 Å². The number of ether oxygens (including phenoxy) is 2. The van der Waals surface area contributed by atoms with Crippen molar-refractivity contribution in [1.82, 2.24) is 26.6 Å². The van der Waals surface area contributed by atoms with E-state index in [1.165, 1.54) is 0 Å². The molecule has 0 heterocycles. The minimum absolute atomic E-state index is 0.0159. The van der Waals surface area contributed by atoms with Crippen LogP contribution in [0.25, 0.3) is 0 Å². The molecule has 0 saturated heterocycles. The van der Waals surface area contributed by atoms with Crippen LogP contribution in [0.4, 0.5) is 4.79 Å². The molecule has 0 aromatic heterocycles. The SMILES string of the molecule is CCC[C@H](NC(=O)[C@H](CC(C)C)NC(=O)[C@H](CCC(=O)OC(C)(C)C)NC(=O)OC(C)(C)C)C(=O)N[C@@H](CC(C)C)[C@@H](O)CC(=O)N[C@H](C(=O)O)C(C)C. The smallest absolute Gasteiger partial charge is 0.408 e. The summed E-state index contributed by atoms with van der Waals surface area (Å²) in [5.74, 6) is -5.02. The zero-order chi connectivity index (χ0) is 42.1. The summed E-state index contributed by atoms with van der Waals surface area (Å²) < 4.78 is 10.7. The molecule has 0 unspecified atom stereocenters. The van der Waals surface area contributed by atoms with Gasteiger partial charge < -0.3 is 46.3 Å². The highest BCUT2D eigenvalue weighted by Crippen LogP contribution is 2.15. The number of hydrogen-bond donors (Lipinski definition) is 7. The predicted octanol–water partition coefficient (Wildman–Crippen LogP) is 3.32. The topological polar surface area (TPSA) is 239 Å². The predicted molar refractivity (Wildman–Crippen MR) is 203 cm³/mol. The van der Waals surface area contributed by atoms with Gasteiger partial charge in [-0.1, -0.05) is 54.9 Å². The number of esters is 1. The van der Waals surface area contributed by atoms with Crippen molar-refractivity contribution in [3.63, 3.8) is 0 Å². The minimum atomic E-state index is -1.36. The Morgan fingerprint density at radius 2 is 1.11 bits per heavy atom. The van der Waals surface area contributed by atoms with Crippen molar-refractivity contribution in [2.24, 2.45) is 17.8 Å². The van der Waals surface area contributed by atoms with Crippen LogP contribution >= 0.6 is 0 Å². The summed E-state index contributed by atoms with van der Waals surface area (Å²) in [4.78, 5) is 90.5. The van der Waals surface area contributed by atoms with Gasteiger partial charge in [0.15, 0.2) is 0 Å². The Labute approximate surface area is 321 Å². The number of alkyl carbamates (subject to hydrolysis) is 1. The second-order valence-electron chi connectivity index (χ2n) is 17.0. The molecule has 0 aromatic rings. The van der Waals surface area contributed by atoms with E-state index < -0.39 is 102 Å². The maximum atomic E-state index is 13.8. The highest BCUT2D eigenvalue weighted by molar-refractivity contribution is 5.94. The number of amides is 5. The molecule has 6 atom stereocenters. The molecule has 0 aliphatic heterocycles. The standard InChI is InChI=1S/C38H69N5O11/c1-14-15-24(32(47)40-26(18-21(2)3)28(44)20-29(45)43-31(23(6)7)35(50)51)39-34(49)27(19-22(4)5)41-33(48)25(42-36(52)54-38(11,12)13)16-17-30(46)53-37(8,9)10/h21-28,31,44H,14-20H2,1-13H3,(H,39,49)(H,40,47)(H,41,48)(H,42,52)(H,43,45)(H,50,51)/t24-,25-,26-,27-,28-,31-/m0/s1. The summed E-state index contributed by atoms with van der Waals surface area (Å²) in [7, 11) is 0. The van der Waals surface area contributed by atoms with Gasteiger partial charge in [-0.25, -0.2) is 9.59 Å². The van der Waals surface area contributed by atoms with Gasteiger partial charge in [0.25, 0.3) is 0 Å². The Morgan fingerprint density at radius 1 is 0.630 bits per heavy atom. The van der Waals surface area contributed by atoms with Crippen LogP contribution < -0.4 is 26.6 Å². The highest BCUT2D eigenvalue weighted by atomic mass is 16.6. The van der Waals surface area contributed by atoms with E-state index in [9.17, 15) is 43.8 Å². The highest BCUT2D eigenvalue weighted by Gasteiger charge is 2.34. The van der Waals surface area contributed by atoms with Crippen molar-refractivity contribution in [1.29, 1.82) is 0 Å². The molecule has 7 N–H and O–H groups in total. The van der Waals surface area contributed by atoms with E-state index in [1.54, 1.807) is 55.4 Å². The second-order valence-corrected chi connectivity index (χ2v) is 17.0. The van der Waals surface area contributed by atoms with Crippen LogP contribution in [0.1, 0.15) is 135 Å². The van der Waals surface area contributed by atoms with Crippen molar-refractivity contribution < 1.29 is 53.2 Å². The molecule has 0 saturated carbocycles. The van der Waals surface area contributed by atoms with Crippen LogP contribution in [-0.4, -0.2) is 99.4 Å². The lowest BCUT2D eigenvalue weighted by molar-refractivity contribution is -0.155. The molecular weight excluding hydrogens is 702 g/mol. The first kappa shape index (κ1) is 50.1. The van der Waals surface area contributed by atoms with Gasteiger partial charge in [0, 0.05) is 6.42 Å². The third kappa shape index (κ3) is 21.7. The molecule has 0 rings (SSSR count). The lowest BCUT2D eigenvalue weighted by Crippen LogP contribution is -2.58. The third-order valence-electron chi connectivity index (χ3n) is 7.78. The number of rotatable bonds is 22. The van der Waals surface area contributed by atoms with Crippen LogP contribution in [0.3, 0.4) is 0 Å². The van der Waals surface area contributed by atoms with E-state index in [-0.39, 0.29) is 43.9 Å². The fourth-order valence-corrected chi connectivity index (χ4v) is 5.36. The van der Waals surface area contributed by atoms with Gasteiger partial charge in [0.05, 0.1) is 18.6 Å². The van der Waals surface area contributed by atoms with E-state index >= 15 is 0 Å². The van der Waals surface area contributed by atoms with E-state index in [4.69, 9.17) is 9.47 Å². The van der Waals surface area contributed by atoms with Crippen LogP contribution in [0.5, 0.6) is 0 Å². The molecule has 0 aliphatic carbocycles. The monoisotopic (exact) mass is 771 g/mol. The Balaban J connectivity index is 6.13. The van der Waals surface area contributed by atoms with Crippen molar-refractivity contribution in [3.05, 3.63) is 0 Å². The number of aliphatic hydroxyl groups is 1. The third-order valence-corrected chi connectivity index (χ3v) is 7.78. The van der Waals surface area contributed by atoms with Gasteiger partial charge in [-0.2, -0.15) is 0 Å². The van der Waals surface area contributed by atoms with E-state index in [2.05, 4.69) is 26.6 Å². The largest absolute Gasteiger partial charge is 0.480 e. The summed E-state index contributed by atoms with van der Waals surface area (Å²) >= 11 is 0. The number of carbonyl (C=O) groups is 7. The summed E-state index contributed by atoms with van der Waals surface area (Å²) in [6.45, 7) is 22.6. The van der Waals surface area contributed by atoms with Crippen LogP contribution in [0.15, 0.2) is 0 Å². The van der Waals surface area contributed by atoms with Crippen LogP contribution in [0.2, 0.25) is 0 Å². The van der Waals surface area contributed by atoms with Crippen molar-refractivity contribution in [2.75, 3.05) is 0 Å². The number of hydrogen-bond acceptors (Lipinski definition) is 10. The zero-order valence-electron chi connectivity index (χ0n) is 34.7. The fourth-order valence-electron chi connectivity index (χ4n) is 5.36. The molecule has 16 nitrogen and oxygen atoms in total. The molecule has 0 spiro atoms. The fraction of sp³-hybridized carbons (Fsp3) is 0.816. The van der Waals surface area contributed by atoms with Gasteiger partial charge in [0.1, 0.15) is 35.4 Å². The Hall–Kier alpha value is -3.95. The summed E-state index contributed by atoms with van der Waals surface area (Å²) in [6.07, 6.45) is -1.95. The number of aliphatic hydroxyl groups excluding tert-OH is 1. The first-order chi connectivity index (χ1) is 24.6. The minimum Gasteiger partial charge on any atom is -0.480 e. The average Bonchev–Trinajstić information content (AvgIpc) is 2.98. The maximum absolute atomic E-state index is 13.8. The van der Waals surface area contributed by atoms with Gasteiger partial charge in [-0.05, 0) is 85.0 Å². The van der Waals surface area contributed by atoms with Crippen molar-refractivity contribution in [2.45, 2.75) is 182 Å². The van der Waals surface area contributed by atoms with Crippen LogP contribution in [-0.2, 0) is 38.2 Å². The van der Waals surface area contributed by atoms with E-state index in [1.807, 2.05) is 34.6 Å². The normalized spacial score (nSPS) is 15.3. The molecule has 0 aliphatic rings. The van der Waals surface area contributed by atoms with E-state index in [0.717, 1.165) is 0 Å². The zero-order valence-corrected chi connectivity index (χ0v) is 34.7. The quantitative estimate of drug-likeness (QED) is 0.0788. The van der Waals surface area contributed by atoms with E-state index in [0.29, 0.717) is 6.42 Å². The van der Waals surface area contributed by atoms with Crippen molar-refractivity contribution in [3.8, 4) is 0 Å². The molecule has 0 radical (unpaired) electrons. The van der Waals surface area contributed by atoms with Crippen LogP contribution in [0, 0.1) is 17.8 Å². The molecule has 0 aromatic carbocycles. The van der Waals surface area contributed by atoms with Gasteiger partial charge in [0.2, 0.25) is 23.6 Å². The van der Waals surface area contributed by atoms with Gasteiger partial charge >= 0.3 is 18.0 Å². The number of carbonyl (C=O) groups excluding carboxylic acids is 6. The Morgan fingerprint density at radius 3 is 1.57 bits per heavy atom. The molecule has 0 bridgehead atoms. The number of carboxylic acid groups (broad SMARTS) is 1. The molecule has 16 heteroatoms. The Bertz CT molecular complexity index is 1260. The molecule has 312 valence electrons. The first-order valence-corrected chi connectivity index (χ1v) is 19.0. The molecule has 54 heavy (non-hydrogen) atoms. The summed E-state index contributed by atoms with van der Waals surface area (Å²) in [5.41, 5.74) is -1.64. The Kier molecular flexibility index (Phi) is 21.4. The lowest BCUT2D eigenvalue weighted by atomic mass is 9.96. The summed E-state index contributed by atoms with van der Waals surface area (Å²) in [5, 5.41) is 33.6. The lowest BCUT2D eigenvalue weighted by Gasteiger charge is -2.30. The maximum Gasteiger partial charge on any atom is 0.408 e. The number of nitrogens with one attached hydrogen (secondary N) is 5.